The zero-order valence-corrected chi connectivity index (χ0v) is 19.3. The lowest BCUT2D eigenvalue weighted by atomic mass is 10.2. The predicted octanol–water partition coefficient (Wildman–Crippen LogP) is 4.58. The predicted molar refractivity (Wildman–Crippen MR) is 129 cm³/mol. The molecule has 0 bridgehead atoms. The van der Waals surface area contributed by atoms with E-state index in [-0.39, 0.29) is 11.6 Å². The van der Waals surface area contributed by atoms with Crippen LogP contribution >= 0.6 is 0 Å². The van der Waals surface area contributed by atoms with Crippen LogP contribution in [0.1, 0.15) is 32.1 Å². The highest BCUT2D eigenvalue weighted by atomic mass is 16.5. The molecule has 0 radical (unpaired) electrons. The van der Waals surface area contributed by atoms with Crippen molar-refractivity contribution in [2.75, 3.05) is 14.2 Å². The van der Waals surface area contributed by atoms with Crippen molar-refractivity contribution in [3.05, 3.63) is 58.6 Å². The summed E-state index contributed by atoms with van der Waals surface area (Å²) < 4.78 is 14.6. The monoisotopic (exact) mass is 443 g/mol. The van der Waals surface area contributed by atoms with Gasteiger partial charge in [-0.05, 0) is 44.5 Å². The first-order valence-electron chi connectivity index (χ1n) is 10.9. The molecule has 0 fully saturated rings. The third-order valence-corrected chi connectivity index (χ3v) is 6.14. The summed E-state index contributed by atoms with van der Waals surface area (Å²) in [6, 6.07) is 13.2. The fourth-order valence-electron chi connectivity index (χ4n) is 4.31. The lowest BCUT2D eigenvalue weighted by molar-refractivity contribution is 0.393. The first kappa shape index (κ1) is 20.9. The second-order valence-electron chi connectivity index (χ2n) is 8.05. The summed E-state index contributed by atoms with van der Waals surface area (Å²) in [5.74, 6) is 1.88. The fourth-order valence-corrected chi connectivity index (χ4v) is 4.31. The standard InChI is InChI=1S/C25H25N5O3/c1-6-14(2)29-15(3)26-23-21(25(29)31)22-24(28-18-10-8-7-9-17(18)27-22)30(23)19-12-11-16(32-4)13-20(19)33-5/h7-14H,6H2,1-5H3/t14-/m0/s1. The lowest BCUT2D eigenvalue weighted by Gasteiger charge is -2.16. The van der Waals surface area contributed by atoms with E-state index in [2.05, 4.69) is 6.92 Å². The number of hydrogen-bond donors (Lipinski definition) is 0. The van der Waals surface area contributed by atoms with Crippen LogP contribution in [0, 0.1) is 6.92 Å². The zero-order chi connectivity index (χ0) is 23.3. The Morgan fingerprint density at radius 3 is 2.36 bits per heavy atom. The molecule has 0 saturated heterocycles. The quantitative estimate of drug-likeness (QED) is 0.395. The van der Waals surface area contributed by atoms with Crippen LogP contribution in [0.15, 0.2) is 47.3 Å². The molecule has 0 aliphatic rings. The zero-order valence-electron chi connectivity index (χ0n) is 19.3. The third-order valence-electron chi connectivity index (χ3n) is 6.14. The smallest absolute Gasteiger partial charge is 0.265 e. The van der Waals surface area contributed by atoms with Crippen LogP contribution in [-0.4, -0.2) is 38.3 Å². The molecule has 0 aliphatic heterocycles. The molecule has 0 spiro atoms. The van der Waals surface area contributed by atoms with Gasteiger partial charge in [-0.3, -0.25) is 13.9 Å². The average molecular weight is 444 g/mol. The first-order valence-corrected chi connectivity index (χ1v) is 10.9. The molecule has 5 rings (SSSR count). The van der Waals surface area contributed by atoms with E-state index in [0.717, 1.165) is 17.5 Å². The normalized spacial score (nSPS) is 12.5. The van der Waals surface area contributed by atoms with Gasteiger partial charge in [-0.15, -0.1) is 0 Å². The van der Waals surface area contributed by atoms with E-state index in [4.69, 9.17) is 24.4 Å². The number of benzene rings is 2. The number of aromatic nitrogens is 5. The maximum atomic E-state index is 13.8. The molecular formula is C25H25N5O3. The maximum absolute atomic E-state index is 13.8. The van der Waals surface area contributed by atoms with E-state index in [1.54, 1.807) is 24.9 Å². The summed E-state index contributed by atoms with van der Waals surface area (Å²) in [4.78, 5) is 28.4. The average Bonchev–Trinajstić information content (AvgIpc) is 3.14. The molecule has 8 heteroatoms. The van der Waals surface area contributed by atoms with E-state index >= 15 is 0 Å². The third kappa shape index (κ3) is 3.13. The van der Waals surface area contributed by atoms with Gasteiger partial charge in [0.2, 0.25) is 0 Å². The maximum Gasteiger partial charge on any atom is 0.265 e. The Kier molecular flexibility index (Phi) is 5.00. The SMILES string of the molecule is CC[C@H](C)n1c(C)nc2c(c1=O)c1nc3ccccc3nc1n2-c1ccc(OC)cc1OC. The van der Waals surface area contributed by atoms with Crippen LogP contribution in [0.25, 0.3) is 38.9 Å². The van der Waals surface area contributed by atoms with E-state index < -0.39 is 0 Å². The molecule has 0 N–H and O–H groups in total. The summed E-state index contributed by atoms with van der Waals surface area (Å²) in [6.45, 7) is 5.94. The van der Waals surface area contributed by atoms with Crippen molar-refractivity contribution in [3.8, 4) is 17.2 Å². The molecule has 168 valence electrons. The Morgan fingerprint density at radius 1 is 0.970 bits per heavy atom. The van der Waals surface area contributed by atoms with Crippen molar-refractivity contribution < 1.29 is 9.47 Å². The molecular weight excluding hydrogens is 418 g/mol. The summed E-state index contributed by atoms with van der Waals surface area (Å²) in [5, 5.41) is 0.451. The molecule has 3 heterocycles. The van der Waals surface area contributed by atoms with E-state index in [1.807, 2.05) is 54.8 Å². The fraction of sp³-hybridized carbons (Fsp3) is 0.280. The van der Waals surface area contributed by atoms with Crippen LogP contribution in [0.3, 0.4) is 0 Å². The van der Waals surface area contributed by atoms with Gasteiger partial charge < -0.3 is 9.47 Å². The van der Waals surface area contributed by atoms with Crippen LogP contribution < -0.4 is 15.0 Å². The molecule has 0 amide bonds. The van der Waals surface area contributed by atoms with Gasteiger partial charge in [-0.1, -0.05) is 19.1 Å². The van der Waals surface area contributed by atoms with Gasteiger partial charge in [-0.25, -0.2) is 15.0 Å². The van der Waals surface area contributed by atoms with Gasteiger partial charge in [0.1, 0.15) is 28.2 Å². The minimum atomic E-state index is -0.118. The minimum absolute atomic E-state index is 0.0109. The van der Waals surface area contributed by atoms with Gasteiger partial charge in [0.05, 0.1) is 30.9 Å². The van der Waals surface area contributed by atoms with Gasteiger partial charge in [-0.2, -0.15) is 0 Å². The van der Waals surface area contributed by atoms with Crippen molar-refractivity contribution >= 4 is 33.2 Å². The molecule has 0 saturated carbocycles. The number of methoxy groups -OCH3 is 2. The number of rotatable bonds is 5. The molecule has 33 heavy (non-hydrogen) atoms. The lowest BCUT2D eigenvalue weighted by Crippen LogP contribution is -2.26. The van der Waals surface area contributed by atoms with Crippen LogP contribution in [0.4, 0.5) is 0 Å². The van der Waals surface area contributed by atoms with E-state index in [0.29, 0.717) is 45.2 Å². The Balaban J connectivity index is 2.00. The van der Waals surface area contributed by atoms with Crippen LogP contribution in [-0.2, 0) is 0 Å². The topological polar surface area (TPSA) is 84.1 Å². The number of para-hydroxylation sites is 2. The van der Waals surface area contributed by atoms with Crippen molar-refractivity contribution in [3.63, 3.8) is 0 Å². The van der Waals surface area contributed by atoms with E-state index in [9.17, 15) is 4.79 Å². The Morgan fingerprint density at radius 2 is 1.70 bits per heavy atom. The van der Waals surface area contributed by atoms with Crippen molar-refractivity contribution in [2.24, 2.45) is 0 Å². The van der Waals surface area contributed by atoms with Gasteiger partial charge >= 0.3 is 0 Å². The van der Waals surface area contributed by atoms with E-state index in [1.165, 1.54) is 0 Å². The number of nitrogens with zero attached hydrogens (tertiary/aromatic N) is 5. The highest BCUT2D eigenvalue weighted by molar-refractivity contribution is 6.06. The molecule has 2 aromatic carbocycles. The first-order chi connectivity index (χ1) is 16.0. The summed E-state index contributed by atoms with van der Waals surface area (Å²) in [6.07, 6.45) is 0.813. The summed E-state index contributed by atoms with van der Waals surface area (Å²) in [7, 11) is 3.20. The number of fused-ring (bicyclic) bond motifs is 4. The van der Waals surface area contributed by atoms with Gasteiger partial charge in [0.15, 0.2) is 11.3 Å². The highest BCUT2D eigenvalue weighted by Gasteiger charge is 2.24. The molecule has 5 aromatic rings. The van der Waals surface area contributed by atoms with Gasteiger partial charge in [0.25, 0.3) is 5.56 Å². The number of aryl methyl sites for hydroxylation is 1. The molecule has 0 aliphatic carbocycles. The minimum Gasteiger partial charge on any atom is -0.497 e. The van der Waals surface area contributed by atoms with Crippen molar-refractivity contribution in [1.82, 2.24) is 24.1 Å². The molecule has 3 aromatic heterocycles. The highest BCUT2D eigenvalue weighted by Crippen LogP contribution is 2.35. The van der Waals surface area contributed by atoms with Crippen LogP contribution in [0.5, 0.6) is 11.5 Å². The second-order valence-corrected chi connectivity index (χ2v) is 8.05. The Labute approximate surface area is 190 Å². The second kappa shape index (κ2) is 7.88. The summed E-state index contributed by atoms with van der Waals surface area (Å²) in [5.41, 5.74) is 3.63. The molecule has 8 nitrogen and oxygen atoms in total. The summed E-state index contributed by atoms with van der Waals surface area (Å²) >= 11 is 0. The molecule has 0 unspecified atom stereocenters. The number of hydrogen-bond acceptors (Lipinski definition) is 6. The Bertz CT molecular complexity index is 1580. The Hall–Kier alpha value is -3.94. The van der Waals surface area contributed by atoms with Crippen molar-refractivity contribution in [2.45, 2.75) is 33.2 Å². The van der Waals surface area contributed by atoms with Crippen LogP contribution in [0.2, 0.25) is 0 Å². The largest absolute Gasteiger partial charge is 0.497 e. The molecule has 1 atom stereocenters. The number of ether oxygens (including phenoxy) is 2. The van der Waals surface area contributed by atoms with Gasteiger partial charge in [0, 0.05) is 12.1 Å². The van der Waals surface area contributed by atoms with Crippen molar-refractivity contribution in [1.29, 1.82) is 0 Å².